The number of Topliss-reactive ketones (excluding diaryl/α,β-unsaturated/α-hetero) is 1. The van der Waals surface area contributed by atoms with Crippen LogP contribution in [0.1, 0.15) is 30.3 Å². The minimum Gasteiger partial charge on any atom is -0.316 e. The minimum absolute atomic E-state index is 0.0998. The number of rotatable bonds is 2. The van der Waals surface area contributed by atoms with E-state index in [2.05, 4.69) is 15.6 Å². The molecule has 1 unspecified atom stereocenters. The molecule has 1 fully saturated rings. The van der Waals surface area contributed by atoms with E-state index in [1.807, 2.05) is 6.92 Å². The molecule has 1 aromatic rings. The first-order chi connectivity index (χ1) is 7.12. The molecule has 0 aromatic carbocycles. The first kappa shape index (κ1) is 10.3. The molecule has 0 spiro atoms. The molecule has 1 aliphatic rings. The number of carbonyl (C=O) groups is 1. The van der Waals surface area contributed by atoms with Gasteiger partial charge >= 0.3 is 0 Å². The second-order valence-electron chi connectivity index (χ2n) is 4.45. The highest BCUT2D eigenvalue weighted by atomic mass is 16.1. The van der Waals surface area contributed by atoms with Crippen LogP contribution in [0.3, 0.4) is 0 Å². The Balaban J connectivity index is 2.19. The third kappa shape index (κ3) is 1.92. The average molecular weight is 208 g/mol. The second-order valence-corrected chi connectivity index (χ2v) is 4.45. The summed E-state index contributed by atoms with van der Waals surface area (Å²) in [5.74, 6) is 0.0998. The number of nitrogens with one attached hydrogen (secondary N) is 1. The minimum atomic E-state index is -0.311. The Kier molecular flexibility index (Phi) is 2.56. The number of hydrogen-bond donors (Lipinski definition) is 1. The van der Waals surface area contributed by atoms with Crippen molar-refractivity contribution in [3.8, 4) is 0 Å². The fourth-order valence-corrected chi connectivity index (χ4v) is 2.01. The summed E-state index contributed by atoms with van der Waals surface area (Å²) in [7, 11) is 1.77. The van der Waals surface area contributed by atoms with Gasteiger partial charge in [0.1, 0.15) is 5.69 Å². The first-order valence-corrected chi connectivity index (χ1v) is 5.24. The molecule has 1 N–H and O–H groups in total. The smallest absolute Gasteiger partial charge is 0.191 e. The van der Waals surface area contributed by atoms with Crippen LogP contribution in [0.25, 0.3) is 0 Å². The van der Waals surface area contributed by atoms with E-state index in [-0.39, 0.29) is 11.2 Å². The van der Waals surface area contributed by atoms with Crippen LogP contribution in [0.4, 0.5) is 0 Å². The number of hydrogen-bond acceptors (Lipinski definition) is 4. The van der Waals surface area contributed by atoms with Crippen LogP contribution >= 0.6 is 0 Å². The highest BCUT2D eigenvalue weighted by Crippen LogP contribution is 2.28. The van der Waals surface area contributed by atoms with Crippen LogP contribution in [-0.4, -0.2) is 33.9 Å². The predicted molar refractivity (Wildman–Crippen MR) is 55.5 cm³/mol. The number of ketones is 1. The Bertz CT molecular complexity index is 365. The molecule has 0 bridgehead atoms. The van der Waals surface area contributed by atoms with E-state index >= 15 is 0 Å². The zero-order chi connectivity index (χ0) is 10.9. The van der Waals surface area contributed by atoms with Crippen LogP contribution in [0.2, 0.25) is 0 Å². The van der Waals surface area contributed by atoms with Gasteiger partial charge in [-0.25, -0.2) is 0 Å². The van der Waals surface area contributed by atoms with E-state index in [0.29, 0.717) is 5.69 Å². The van der Waals surface area contributed by atoms with Gasteiger partial charge in [-0.05, 0) is 19.4 Å². The lowest BCUT2D eigenvalue weighted by Gasteiger charge is -2.31. The van der Waals surface area contributed by atoms with Crippen molar-refractivity contribution in [2.75, 3.05) is 13.1 Å². The summed E-state index contributed by atoms with van der Waals surface area (Å²) in [6.45, 7) is 3.74. The summed E-state index contributed by atoms with van der Waals surface area (Å²) in [6, 6.07) is 0. The lowest BCUT2D eigenvalue weighted by molar-refractivity contribution is 0.0767. The third-order valence-electron chi connectivity index (χ3n) is 2.98. The number of aromatic nitrogens is 3. The molecule has 0 amide bonds. The Morgan fingerprint density at radius 1 is 1.67 bits per heavy atom. The van der Waals surface area contributed by atoms with E-state index < -0.39 is 0 Å². The average Bonchev–Trinajstić information content (AvgIpc) is 2.65. The molecule has 0 radical (unpaired) electrons. The van der Waals surface area contributed by atoms with Crippen molar-refractivity contribution in [3.63, 3.8) is 0 Å². The largest absolute Gasteiger partial charge is 0.316 e. The SMILES string of the molecule is Cn1cc(C(=O)C2(C)CCCNC2)nn1. The van der Waals surface area contributed by atoms with E-state index in [0.717, 1.165) is 25.9 Å². The van der Waals surface area contributed by atoms with Gasteiger partial charge < -0.3 is 5.32 Å². The summed E-state index contributed by atoms with van der Waals surface area (Å²) in [4.78, 5) is 12.2. The molecule has 0 saturated carbocycles. The zero-order valence-electron chi connectivity index (χ0n) is 9.16. The van der Waals surface area contributed by atoms with Gasteiger partial charge in [0, 0.05) is 19.0 Å². The Morgan fingerprint density at radius 2 is 2.47 bits per heavy atom. The number of nitrogens with zero attached hydrogens (tertiary/aromatic N) is 3. The number of carbonyl (C=O) groups excluding carboxylic acids is 1. The normalized spacial score (nSPS) is 26.5. The van der Waals surface area contributed by atoms with Crippen LogP contribution in [0.15, 0.2) is 6.20 Å². The van der Waals surface area contributed by atoms with Gasteiger partial charge in [0.25, 0.3) is 0 Å². The Labute approximate surface area is 88.9 Å². The maximum absolute atomic E-state index is 12.2. The molecule has 5 nitrogen and oxygen atoms in total. The van der Waals surface area contributed by atoms with E-state index in [1.165, 1.54) is 0 Å². The molecule has 15 heavy (non-hydrogen) atoms. The summed E-state index contributed by atoms with van der Waals surface area (Å²) >= 11 is 0. The van der Waals surface area contributed by atoms with Crippen molar-refractivity contribution in [1.29, 1.82) is 0 Å². The van der Waals surface area contributed by atoms with Crippen molar-refractivity contribution in [2.24, 2.45) is 12.5 Å². The maximum atomic E-state index is 12.2. The molecule has 1 saturated heterocycles. The summed E-state index contributed by atoms with van der Waals surface area (Å²) in [5, 5.41) is 10.9. The van der Waals surface area contributed by atoms with Gasteiger partial charge in [-0.1, -0.05) is 12.1 Å². The van der Waals surface area contributed by atoms with Crippen LogP contribution in [0, 0.1) is 5.41 Å². The van der Waals surface area contributed by atoms with Crippen molar-refractivity contribution >= 4 is 5.78 Å². The van der Waals surface area contributed by atoms with Gasteiger partial charge in [0.2, 0.25) is 0 Å². The third-order valence-corrected chi connectivity index (χ3v) is 2.98. The van der Waals surface area contributed by atoms with Crippen molar-refractivity contribution in [3.05, 3.63) is 11.9 Å². The van der Waals surface area contributed by atoms with Crippen LogP contribution in [-0.2, 0) is 7.05 Å². The van der Waals surface area contributed by atoms with E-state index in [4.69, 9.17) is 0 Å². The number of aryl methyl sites for hydroxylation is 1. The van der Waals surface area contributed by atoms with Gasteiger partial charge in [-0.15, -0.1) is 5.10 Å². The van der Waals surface area contributed by atoms with Crippen LogP contribution < -0.4 is 5.32 Å². The molecule has 1 aliphatic heterocycles. The molecule has 2 heterocycles. The maximum Gasteiger partial charge on any atom is 0.191 e. The fraction of sp³-hybridized carbons (Fsp3) is 0.700. The highest BCUT2D eigenvalue weighted by Gasteiger charge is 2.36. The monoisotopic (exact) mass is 208 g/mol. The standard InChI is InChI=1S/C10H16N4O/c1-10(4-3-5-11-7-10)9(15)8-6-14(2)13-12-8/h6,11H,3-5,7H2,1-2H3. The topological polar surface area (TPSA) is 59.8 Å². The molecule has 0 aliphatic carbocycles. The summed E-state index contributed by atoms with van der Waals surface area (Å²) in [6.07, 6.45) is 3.65. The second kappa shape index (κ2) is 3.73. The van der Waals surface area contributed by atoms with Gasteiger partial charge in [0.15, 0.2) is 5.78 Å². The van der Waals surface area contributed by atoms with Crippen molar-refractivity contribution in [1.82, 2.24) is 20.3 Å². The summed E-state index contributed by atoms with van der Waals surface area (Å²) < 4.78 is 1.56. The van der Waals surface area contributed by atoms with Gasteiger partial charge in [0.05, 0.1) is 6.20 Å². The quantitative estimate of drug-likeness (QED) is 0.714. The lowest BCUT2D eigenvalue weighted by atomic mass is 9.78. The van der Waals surface area contributed by atoms with Gasteiger partial charge in [-0.2, -0.15) is 0 Å². The summed E-state index contributed by atoms with van der Waals surface area (Å²) in [5.41, 5.74) is 0.164. The first-order valence-electron chi connectivity index (χ1n) is 5.24. The van der Waals surface area contributed by atoms with Crippen LogP contribution in [0.5, 0.6) is 0 Å². The zero-order valence-corrected chi connectivity index (χ0v) is 9.16. The molecule has 1 atom stereocenters. The molecule has 1 aromatic heterocycles. The highest BCUT2D eigenvalue weighted by molar-refractivity contribution is 5.98. The van der Waals surface area contributed by atoms with E-state index in [9.17, 15) is 4.79 Å². The Morgan fingerprint density at radius 3 is 3.00 bits per heavy atom. The molecular weight excluding hydrogens is 192 g/mol. The van der Waals surface area contributed by atoms with E-state index in [1.54, 1.807) is 17.9 Å². The molecule has 82 valence electrons. The lowest BCUT2D eigenvalue weighted by Crippen LogP contribution is -2.43. The fourth-order valence-electron chi connectivity index (χ4n) is 2.01. The van der Waals surface area contributed by atoms with Gasteiger partial charge in [-0.3, -0.25) is 9.48 Å². The van der Waals surface area contributed by atoms with Crippen molar-refractivity contribution in [2.45, 2.75) is 19.8 Å². The molecule has 5 heteroatoms. The Hall–Kier alpha value is -1.23. The predicted octanol–water partition coefficient (Wildman–Crippen LogP) is 0.387. The molecule has 2 rings (SSSR count). The number of piperidine rings is 1. The molecular formula is C10H16N4O. The van der Waals surface area contributed by atoms with Crippen molar-refractivity contribution < 1.29 is 4.79 Å².